The molecule has 1 amide bonds. The first-order valence-electron chi connectivity index (χ1n) is 12.4. The highest BCUT2D eigenvalue weighted by Crippen LogP contribution is 2.38. The number of pyridine rings is 1. The maximum absolute atomic E-state index is 11.4. The summed E-state index contributed by atoms with van der Waals surface area (Å²) < 4.78 is 0. The second-order valence-corrected chi connectivity index (χ2v) is 10.1. The third-order valence-corrected chi connectivity index (χ3v) is 7.76. The number of nitrogens with two attached hydrogens (primary N) is 1. The van der Waals surface area contributed by atoms with Gasteiger partial charge in [-0.25, -0.2) is 4.98 Å². The van der Waals surface area contributed by atoms with Gasteiger partial charge in [-0.15, -0.1) is 0 Å². The number of aromatic nitrogens is 1. The summed E-state index contributed by atoms with van der Waals surface area (Å²) in [5, 5.41) is 0.727. The van der Waals surface area contributed by atoms with Gasteiger partial charge in [0, 0.05) is 34.3 Å². The number of halogens is 1. The number of rotatable bonds is 4. The van der Waals surface area contributed by atoms with E-state index in [1.165, 1.54) is 24.8 Å². The molecule has 1 aliphatic heterocycles. The summed E-state index contributed by atoms with van der Waals surface area (Å²) in [6.45, 7) is 1.99. The molecule has 2 unspecified atom stereocenters. The second kappa shape index (κ2) is 10.6. The van der Waals surface area contributed by atoms with Gasteiger partial charge in [0.05, 0.1) is 0 Å². The fraction of sp³-hybridized carbons (Fsp3) is 0.333. The summed E-state index contributed by atoms with van der Waals surface area (Å²) >= 11 is 5.97. The van der Waals surface area contributed by atoms with Gasteiger partial charge in [0.1, 0.15) is 5.69 Å². The van der Waals surface area contributed by atoms with Gasteiger partial charge in [0.2, 0.25) is 5.91 Å². The highest BCUT2D eigenvalue weighted by atomic mass is 35.5. The Morgan fingerprint density at radius 2 is 1.60 bits per heavy atom. The van der Waals surface area contributed by atoms with E-state index in [1.54, 1.807) is 0 Å². The molecule has 35 heavy (non-hydrogen) atoms. The average Bonchev–Trinajstić information content (AvgIpc) is 3.39. The van der Waals surface area contributed by atoms with Crippen LogP contribution in [0.2, 0.25) is 5.02 Å². The van der Waals surface area contributed by atoms with E-state index >= 15 is 0 Å². The molecule has 2 aromatic carbocycles. The van der Waals surface area contributed by atoms with Crippen molar-refractivity contribution in [2.75, 3.05) is 13.1 Å². The van der Waals surface area contributed by atoms with Gasteiger partial charge in [-0.2, -0.15) is 0 Å². The second-order valence-electron chi connectivity index (χ2n) is 9.69. The first-order chi connectivity index (χ1) is 17.0. The fourth-order valence-corrected chi connectivity index (χ4v) is 5.52. The van der Waals surface area contributed by atoms with E-state index in [1.807, 2.05) is 42.6 Å². The van der Waals surface area contributed by atoms with E-state index in [0.717, 1.165) is 53.3 Å². The molecule has 1 saturated heterocycles. The molecule has 5 heteroatoms. The van der Waals surface area contributed by atoms with E-state index in [-0.39, 0.29) is 11.8 Å². The lowest BCUT2D eigenvalue weighted by Gasteiger charge is -2.35. The smallest absolute Gasteiger partial charge is 0.220 e. The van der Waals surface area contributed by atoms with Crippen molar-refractivity contribution in [1.82, 2.24) is 9.88 Å². The van der Waals surface area contributed by atoms with Crippen molar-refractivity contribution in [2.24, 2.45) is 11.7 Å². The number of piperidine rings is 1. The molecule has 3 aromatic rings. The Labute approximate surface area is 212 Å². The Balaban J connectivity index is 1.17. The molecule has 1 aromatic heterocycles. The molecule has 2 fully saturated rings. The minimum Gasteiger partial charge on any atom is -0.369 e. The zero-order valence-corrected chi connectivity index (χ0v) is 20.5. The van der Waals surface area contributed by atoms with Crippen LogP contribution in [0.1, 0.15) is 54.8 Å². The number of hydrogen-bond donors (Lipinski definition) is 1. The van der Waals surface area contributed by atoms with Crippen molar-refractivity contribution >= 4 is 17.5 Å². The van der Waals surface area contributed by atoms with Crippen LogP contribution in [-0.2, 0) is 4.79 Å². The quantitative estimate of drug-likeness (QED) is 0.489. The summed E-state index contributed by atoms with van der Waals surface area (Å²) in [6.07, 6.45) is 7.30. The topological polar surface area (TPSA) is 59.2 Å². The first-order valence-corrected chi connectivity index (χ1v) is 12.8. The number of benzene rings is 2. The van der Waals surface area contributed by atoms with Gasteiger partial charge >= 0.3 is 0 Å². The minimum absolute atomic E-state index is 0.0636. The maximum atomic E-state index is 11.4. The molecular formula is C30H30ClN3O. The van der Waals surface area contributed by atoms with Crippen LogP contribution in [0, 0.1) is 17.8 Å². The normalized spacial score (nSPS) is 20.8. The number of hydrogen-bond acceptors (Lipinski definition) is 3. The Hall–Kier alpha value is -3.13. The third kappa shape index (κ3) is 5.75. The molecule has 178 valence electrons. The number of amides is 1. The lowest BCUT2D eigenvalue weighted by Crippen LogP contribution is -2.43. The predicted octanol–water partition coefficient (Wildman–Crippen LogP) is 5.64. The number of carbonyl (C=O) groups excluding carboxylic acids is 1. The predicted molar refractivity (Wildman–Crippen MR) is 141 cm³/mol. The number of nitrogens with zero attached hydrogens (tertiary/aromatic N) is 2. The Bertz CT molecular complexity index is 1220. The van der Waals surface area contributed by atoms with Crippen LogP contribution < -0.4 is 5.73 Å². The number of likely N-dealkylation sites (tertiary alicyclic amines) is 1. The van der Waals surface area contributed by atoms with Crippen molar-refractivity contribution in [2.45, 2.75) is 44.1 Å². The lowest BCUT2D eigenvalue weighted by atomic mass is 9.94. The highest BCUT2D eigenvalue weighted by Gasteiger charge is 2.33. The molecule has 2 aliphatic rings. The largest absolute Gasteiger partial charge is 0.369 e. The number of primary amides is 1. The van der Waals surface area contributed by atoms with Crippen molar-refractivity contribution < 1.29 is 4.79 Å². The standard InChI is InChI=1S/C30H30ClN3O/c31-27-10-6-23(7-11-27)26-8-13-28(33-20-26)12-3-21-1-4-22(5-2-21)25-9-14-29(19-25)34-17-15-24(16-18-34)30(32)35/h1-2,4-8,10-11,13,20,24-25,29H,9,14-19H2,(H2,32,35). The molecular weight excluding hydrogens is 454 g/mol. The number of carbonyl (C=O) groups is 1. The molecule has 2 N–H and O–H groups in total. The zero-order chi connectivity index (χ0) is 24.2. The fourth-order valence-electron chi connectivity index (χ4n) is 5.40. The van der Waals surface area contributed by atoms with Crippen LogP contribution >= 0.6 is 11.6 Å². The summed E-state index contributed by atoms with van der Waals surface area (Å²) in [7, 11) is 0. The van der Waals surface area contributed by atoms with E-state index < -0.39 is 0 Å². The first kappa shape index (κ1) is 23.6. The van der Waals surface area contributed by atoms with E-state index in [4.69, 9.17) is 17.3 Å². The third-order valence-electron chi connectivity index (χ3n) is 7.51. The summed E-state index contributed by atoms with van der Waals surface area (Å²) in [5.41, 5.74) is 10.8. The summed E-state index contributed by atoms with van der Waals surface area (Å²) in [5.74, 6) is 6.94. The van der Waals surface area contributed by atoms with Gasteiger partial charge in [-0.1, -0.05) is 47.9 Å². The van der Waals surface area contributed by atoms with Crippen molar-refractivity contribution in [1.29, 1.82) is 0 Å². The molecule has 5 rings (SSSR count). The zero-order valence-electron chi connectivity index (χ0n) is 19.8. The molecule has 2 atom stereocenters. The molecule has 1 aliphatic carbocycles. The lowest BCUT2D eigenvalue weighted by molar-refractivity contribution is -0.123. The van der Waals surface area contributed by atoms with Crippen LogP contribution in [0.15, 0.2) is 66.9 Å². The molecule has 4 nitrogen and oxygen atoms in total. The van der Waals surface area contributed by atoms with Crippen LogP contribution in [0.5, 0.6) is 0 Å². The van der Waals surface area contributed by atoms with Gasteiger partial charge in [0.15, 0.2) is 0 Å². The average molecular weight is 484 g/mol. The van der Waals surface area contributed by atoms with E-state index in [2.05, 4.69) is 46.0 Å². The Kier molecular flexibility index (Phi) is 7.18. The highest BCUT2D eigenvalue weighted by molar-refractivity contribution is 6.30. The van der Waals surface area contributed by atoms with Crippen molar-refractivity contribution in [3.8, 4) is 23.0 Å². The monoisotopic (exact) mass is 483 g/mol. The minimum atomic E-state index is -0.136. The van der Waals surface area contributed by atoms with E-state index in [0.29, 0.717) is 12.0 Å². The SMILES string of the molecule is NC(=O)C1CCN(C2CCC(c3ccc(C#Cc4ccc(-c5ccc(Cl)cc5)cn4)cc3)C2)CC1. The van der Waals surface area contributed by atoms with Crippen molar-refractivity contribution in [3.05, 3.63) is 88.7 Å². The Morgan fingerprint density at radius 3 is 2.26 bits per heavy atom. The van der Waals surface area contributed by atoms with Crippen LogP contribution in [0.4, 0.5) is 0 Å². The molecule has 0 radical (unpaired) electrons. The summed E-state index contributed by atoms with van der Waals surface area (Å²) in [6, 6.07) is 21.1. The summed E-state index contributed by atoms with van der Waals surface area (Å²) in [4.78, 5) is 18.5. The molecule has 0 spiro atoms. The van der Waals surface area contributed by atoms with Crippen LogP contribution in [-0.4, -0.2) is 34.9 Å². The van der Waals surface area contributed by atoms with Gasteiger partial charge < -0.3 is 10.6 Å². The van der Waals surface area contributed by atoms with Gasteiger partial charge in [0.25, 0.3) is 0 Å². The van der Waals surface area contributed by atoms with Gasteiger partial charge in [-0.3, -0.25) is 4.79 Å². The van der Waals surface area contributed by atoms with Crippen molar-refractivity contribution in [3.63, 3.8) is 0 Å². The molecule has 0 bridgehead atoms. The maximum Gasteiger partial charge on any atom is 0.220 e. The Morgan fingerprint density at radius 1 is 0.886 bits per heavy atom. The molecule has 2 heterocycles. The van der Waals surface area contributed by atoms with Gasteiger partial charge in [-0.05, 0) is 98.5 Å². The molecule has 1 saturated carbocycles. The van der Waals surface area contributed by atoms with Crippen LogP contribution in [0.25, 0.3) is 11.1 Å². The van der Waals surface area contributed by atoms with E-state index in [9.17, 15) is 4.79 Å². The van der Waals surface area contributed by atoms with Crippen LogP contribution in [0.3, 0.4) is 0 Å².